The Kier molecular flexibility index (Phi) is 0.982. The molecule has 1 fully saturated rings. The summed E-state index contributed by atoms with van der Waals surface area (Å²) in [5.41, 5.74) is 0. The molecule has 0 aliphatic carbocycles. The van der Waals surface area contributed by atoms with Gasteiger partial charge in [0, 0.05) is 6.54 Å². The van der Waals surface area contributed by atoms with E-state index in [-0.39, 0.29) is 6.04 Å². The predicted octanol–water partition coefficient (Wildman–Crippen LogP) is -0.552. The monoisotopic (exact) mass is 100 g/mol. The molecule has 1 atom stereocenters. The van der Waals surface area contributed by atoms with Gasteiger partial charge in [-0.3, -0.25) is 4.79 Å². The van der Waals surface area contributed by atoms with E-state index in [2.05, 4.69) is 5.32 Å². The van der Waals surface area contributed by atoms with Crippen molar-refractivity contribution in [1.29, 1.82) is 0 Å². The van der Waals surface area contributed by atoms with Crippen molar-refractivity contribution >= 4 is 5.97 Å². The van der Waals surface area contributed by atoms with E-state index < -0.39 is 5.97 Å². The van der Waals surface area contributed by atoms with Gasteiger partial charge in [0.1, 0.15) is 6.04 Å². The Hall–Kier alpha value is -0.570. The molecule has 1 heterocycles. The van der Waals surface area contributed by atoms with E-state index in [0.717, 1.165) is 13.0 Å². The maximum Gasteiger partial charge on any atom is 0.322 e. The third-order valence-electron chi connectivity index (χ3n) is 1.04. The molecule has 0 aromatic carbocycles. The van der Waals surface area contributed by atoms with E-state index in [0.29, 0.717) is 0 Å². The van der Waals surface area contributed by atoms with Crippen LogP contribution in [0.2, 0.25) is 0 Å². The summed E-state index contributed by atoms with van der Waals surface area (Å²) in [5, 5.41) is 11.8. The summed E-state index contributed by atoms with van der Waals surface area (Å²) >= 11 is 0. The van der Waals surface area contributed by atoms with E-state index in [9.17, 15) is 4.79 Å². The van der Waals surface area contributed by atoms with Gasteiger partial charge in [-0.1, -0.05) is 0 Å². The molecule has 0 amide bonds. The highest BCUT2D eigenvalue weighted by molar-refractivity contribution is 5.74. The van der Waals surface area contributed by atoms with Crippen LogP contribution in [0.1, 0.15) is 6.42 Å². The van der Waals surface area contributed by atoms with Crippen LogP contribution in [0.15, 0.2) is 0 Å². The number of hydrogen-bond acceptors (Lipinski definition) is 1. The molecule has 3 nitrogen and oxygen atoms in total. The van der Waals surface area contributed by atoms with Crippen molar-refractivity contribution < 1.29 is 9.90 Å². The summed E-state index contributed by atoms with van der Waals surface area (Å²) in [7, 11) is 0. The summed E-state index contributed by atoms with van der Waals surface area (Å²) in [6.45, 7) is 0.733. The van der Waals surface area contributed by atoms with Crippen LogP contribution in [-0.2, 0) is 4.79 Å². The smallest absolute Gasteiger partial charge is 0.322 e. The van der Waals surface area contributed by atoms with Crippen LogP contribution in [0.25, 0.3) is 0 Å². The van der Waals surface area contributed by atoms with Gasteiger partial charge in [-0.25, -0.2) is 5.32 Å². The molecule has 0 aromatic heterocycles. The van der Waals surface area contributed by atoms with Crippen molar-refractivity contribution in [2.24, 2.45) is 0 Å². The second-order valence-electron chi connectivity index (χ2n) is 1.55. The minimum atomic E-state index is -0.786. The van der Waals surface area contributed by atoms with Crippen LogP contribution >= 0.6 is 0 Å². The molecule has 1 N–H and O–H groups in total. The SMILES string of the molecule is O=C(O)C1CC[N]1. The number of carbonyl (C=O) groups is 1. The van der Waals surface area contributed by atoms with Gasteiger partial charge in [0.15, 0.2) is 0 Å². The van der Waals surface area contributed by atoms with Gasteiger partial charge in [0.05, 0.1) is 0 Å². The van der Waals surface area contributed by atoms with Crippen molar-refractivity contribution in [3.05, 3.63) is 0 Å². The lowest BCUT2D eigenvalue weighted by molar-refractivity contribution is -0.141. The summed E-state index contributed by atoms with van der Waals surface area (Å²) in [6.07, 6.45) is 0.731. The molecule has 1 aliphatic heterocycles. The fraction of sp³-hybridized carbons (Fsp3) is 0.750. The first-order chi connectivity index (χ1) is 3.30. The summed E-state index contributed by atoms with van der Waals surface area (Å²) in [4.78, 5) is 9.89. The third-order valence-corrected chi connectivity index (χ3v) is 1.04. The average molecular weight is 100 g/mol. The fourth-order valence-corrected chi connectivity index (χ4v) is 0.460. The van der Waals surface area contributed by atoms with E-state index in [4.69, 9.17) is 5.11 Å². The molecule has 3 heteroatoms. The highest BCUT2D eigenvalue weighted by atomic mass is 16.4. The molecule has 0 saturated carbocycles. The molecule has 1 rings (SSSR count). The van der Waals surface area contributed by atoms with Crippen LogP contribution in [0, 0.1) is 0 Å². The van der Waals surface area contributed by atoms with Gasteiger partial charge < -0.3 is 5.11 Å². The number of carboxylic acids is 1. The molecule has 1 aliphatic rings. The Morgan fingerprint density at radius 1 is 1.86 bits per heavy atom. The van der Waals surface area contributed by atoms with Gasteiger partial charge in [-0.15, -0.1) is 0 Å². The highest BCUT2D eigenvalue weighted by Crippen LogP contribution is 2.02. The molecule has 7 heavy (non-hydrogen) atoms. The van der Waals surface area contributed by atoms with E-state index in [1.165, 1.54) is 0 Å². The molecule has 1 radical (unpaired) electrons. The Bertz CT molecular complexity index is 87.7. The van der Waals surface area contributed by atoms with Gasteiger partial charge in [0.25, 0.3) is 0 Å². The van der Waals surface area contributed by atoms with Crippen molar-refractivity contribution in [2.45, 2.75) is 12.5 Å². The molecule has 39 valence electrons. The quantitative estimate of drug-likeness (QED) is 0.480. The largest absolute Gasteiger partial charge is 0.480 e. The van der Waals surface area contributed by atoms with E-state index in [1.807, 2.05) is 0 Å². The molecule has 1 unspecified atom stereocenters. The van der Waals surface area contributed by atoms with E-state index >= 15 is 0 Å². The first-order valence-electron chi connectivity index (χ1n) is 2.20. The maximum atomic E-state index is 9.89. The minimum absolute atomic E-state index is 0.375. The molecule has 0 bridgehead atoms. The Morgan fingerprint density at radius 3 is 2.43 bits per heavy atom. The van der Waals surface area contributed by atoms with Gasteiger partial charge in [-0.05, 0) is 6.42 Å². The van der Waals surface area contributed by atoms with Crippen LogP contribution in [0.5, 0.6) is 0 Å². The third kappa shape index (κ3) is 0.718. The summed E-state index contributed by atoms with van der Waals surface area (Å²) in [6, 6.07) is -0.375. The first kappa shape index (κ1) is 4.59. The minimum Gasteiger partial charge on any atom is -0.480 e. The van der Waals surface area contributed by atoms with Crippen molar-refractivity contribution in [1.82, 2.24) is 5.32 Å². The van der Waals surface area contributed by atoms with Crippen LogP contribution < -0.4 is 5.32 Å². The zero-order valence-electron chi connectivity index (χ0n) is 3.79. The molecular weight excluding hydrogens is 94.0 g/mol. The van der Waals surface area contributed by atoms with Gasteiger partial charge in [-0.2, -0.15) is 0 Å². The topological polar surface area (TPSA) is 51.4 Å². The number of hydrogen-bond donors (Lipinski definition) is 1. The molecule has 1 saturated heterocycles. The normalized spacial score (nSPS) is 28.9. The molecule has 0 spiro atoms. The Balaban J connectivity index is 2.27. The average Bonchev–Trinajstić information content (AvgIpc) is 1.23. The zero-order chi connectivity index (χ0) is 5.28. The van der Waals surface area contributed by atoms with Crippen molar-refractivity contribution in [2.75, 3.05) is 6.54 Å². The lowest BCUT2D eigenvalue weighted by atomic mass is 10.1. The maximum absolute atomic E-state index is 9.89. The molecular formula is C4H6NO2. The van der Waals surface area contributed by atoms with Crippen molar-refractivity contribution in [3.63, 3.8) is 0 Å². The number of rotatable bonds is 1. The zero-order valence-corrected chi connectivity index (χ0v) is 3.79. The first-order valence-corrected chi connectivity index (χ1v) is 2.20. The summed E-state index contributed by atoms with van der Waals surface area (Å²) in [5.74, 6) is -0.786. The fourth-order valence-electron chi connectivity index (χ4n) is 0.460. The lowest BCUT2D eigenvalue weighted by Gasteiger charge is -2.19. The second kappa shape index (κ2) is 1.50. The van der Waals surface area contributed by atoms with Crippen molar-refractivity contribution in [3.8, 4) is 0 Å². The van der Waals surface area contributed by atoms with Gasteiger partial charge in [0.2, 0.25) is 0 Å². The standard InChI is InChI=1S/C4H6NO2/c6-4(7)3-1-2-5-3/h3H,1-2H2,(H,6,7). The lowest BCUT2D eigenvalue weighted by Crippen LogP contribution is -2.42. The van der Waals surface area contributed by atoms with Crippen LogP contribution in [0.3, 0.4) is 0 Å². The van der Waals surface area contributed by atoms with Crippen LogP contribution in [0.4, 0.5) is 0 Å². The second-order valence-corrected chi connectivity index (χ2v) is 1.55. The van der Waals surface area contributed by atoms with Crippen LogP contribution in [-0.4, -0.2) is 23.7 Å². The number of carboxylic acid groups (broad SMARTS) is 1. The summed E-state index contributed by atoms with van der Waals surface area (Å²) < 4.78 is 0. The highest BCUT2D eigenvalue weighted by Gasteiger charge is 2.24. The number of aliphatic carboxylic acids is 1. The predicted molar refractivity (Wildman–Crippen MR) is 23.0 cm³/mol. The van der Waals surface area contributed by atoms with Gasteiger partial charge >= 0.3 is 5.97 Å². The Labute approximate surface area is 41.3 Å². The molecule has 0 aromatic rings. The number of nitrogens with zero attached hydrogens (tertiary/aromatic N) is 1. The van der Waals surface area contributed by atoms with E-state index in [1.54, 1.807) is 0 Å². The Morgan fingerprint density at radius 2 is 2.43 bits per heavy atom.